The third-order valence-electron chi connectivity index (χ3n) is 2.51. The molecule has 0 unspecified atom stereocenters. The van der Waals surface area contributed by atoms with Crippen LogP contribution in [-0.4, -0.2) is 10.8 Å². The number of nitrogens with zero attached hydrogens (tertiary/aromatic N) is 1. The molecule has 3 N–H and O–H groups in total. The number of carbonyl (C=O) groups excluding carboxylic acids is 1. The summed E-state index contributed by atoms with van der Waals surface area (Å²) in [7, 11) is 0. The molecule has 0 atom stereocenters. The highest BCUT2D eigenvalue weighted by Gasteiger charge is 2.13. The number of hydrazine groups is 1. The maximum absolute atomic E-state index is 11.5. The Bertz CT molecular complexity index is 641. The van der Waals surface area contributed by atoms with Crippen LogP contribution in [0.3, 0.4) is 0 Å². The zero-order valence-corrected chi connectivity index (χ0v) is 11.1. The van der Waals surface area contributed by atoms with Crippen LogP contribution in [0, 0.1) is 10.1 Å². The molecule has 2 aromatic rings. The number of carbonyl (C=O) groups is 1. The second-order valence-electron chi connectivity index (χ2n) is 3.79. The van der Waals surface area contributed by atoms with Crippen LogP contribution in [0.2, 0.25) is 0 Å². The van der Waals surface area contributed by atoms with E-state index in [0.717, 1.165) is 0 Å². The Kier molecular flexibility index (Phi) is 4.28. The van der Waals surface area contributed by atoms with Crippen molar-refractivity contribution in [3.8, 4) is 5.75 Å². The second kappa shape index (κ2) is 6.13. The first-order valence-corrected chi connectivity index (χ1v) is 6.44. The van der Waals surface area contributed by atoms with Gasteiger partial charge in [0, 0.05) is 11.6 Å². The van der Waals surface area contributed by atoms with Gasteiger partial charge in [0.05, 0.1) is 15.9 Å². The van der Waals surface area contributed by atoms with Crippen LogP contribution >= 0.6 is 11.3 Å². The second-order valence-corrected chi connectivity index (χ2v) is 4.71. The Labute approximate surface area is 118 Å². The largest absolute Gasteiger partial charge is 0.489 e. The molecule has 0 radical (unpaired) electrons. The smallest absolute Gasteiger partial charge is 0.275 e. The molecule has 1 heterocycles. The predicted octanol–water partition coefficient (Wildman–Crippen LogP) is 1.84. The average Bonchev–Trinajstić information content (AvgIpc) is 2.93. The van der Waals surface area contributed by atoms with Crippen molar-refractivity contribution in [2.24, 2.45) is 5.84 Å². The average molecular weight is 293 g/mol. The Balaban J connectivity index is 2.09. The number of hydrogen-bond acceptors (Lipinski definition) is 6. The molecule has 8 heteroatoms. The number of nitrogen functional groups attached to an aromatic ring is 1. The Morgan fingerprint density at radius 1 is 1.45 bits per heavy atom. The first-order valence-electron chi connectivity index (χ1n) is 5.56. The number of non-ortho nitro benzene ring substituents is 1. The van der Waals surface area contributed by atoms with Gasteiger partial charge in [0.1, 0.15) is 12.4 Å². The molecule has 0 spiro atoms. The van der Waals surface area contributed by atoms with Gasteiger partial charge in [-0.2, -0.15) is 0 Å². The van der Waals surface area contributed by atoms with E-state index in [4.69, 9.17) is 10.6 Å². The first kappa shape index (κ1) is 14.0. The van der Waals surface area contributed by atoms with E-state index in [1.807, 2.05) is 0 Å². The van der Waals surface area contributed by atoms with E-state index in [9.17, 15) is 14.9 Å². The van der Waals surface area contributed by atoms with Crippen molar-refractivity contribution in [2.45, 2.75) is 6.61 Å². The number of nitrogens with one attached hydrogen (secondary N) is 1. The summed E-state index contributed by atoms with van der Waals surface area (Å²) in [4.78, 5) is 22.1. The van der Waals surface area contributed by atoms with Crippen molar-refractivity contribution >= 4 is 22.9 Å². The normalized spacial score (nSPS) is 10.1. The fourth-order valence-corrected chi connectivity index (χ4v) is 2.37. The maximum atomic E-state index is 11.5. The standard InChI is InChI=1S/C12H11N3O4S/c13-14-12(16)11-8(4-5-20-11)7-19-10-3-1-2-9(6-10)15(17)18/h1-6H,7,13H2,(H,14,16). The lowest BCUT2D eigenvalue weighted by atomic mass is 10.2. The predicted molar refractivity (Wildman–Crippen MR) is 73.4 cm³/mol. The van der Waals surface area contributed by atoms with Crippen LogP contribution in [0.15, 0.2) is 35.7 Å². The van der Waals surface area contributed by atoms with Crippen LogP contribution < -0.4 is 16.0 Å². The summed E-state index contributed by atoms with van der Waals surface area (Å²) in [6.45, 7) is 0.132. The van der Waals surface area contributed by atoms with Gasteiger partial charge in [-0.3, -0.25) is 20.3 Å². The van der Waals surface area contributed by atoms with Gasteiger partial charge in [-0.15, -0.1) is 11.3 Å². The molecule has 0 aliphatic heterocycles. The molecule has 2 rings (SSSR count). The Hall–Kier alpha value is -2.45. The number of amides is 1. The van der Waals surface area contributed by atoms with Crippen molar-refractivity contribution in [2.75, 3.05) is 0 Å². The fraction of sp³-hybridized carbons (Fsp3) is 0.0833. The number of nitro benzene ring substituents is 1. The first-order chi connectivity index (χ1) is 9.61. The Morgan fingerprint density at radius 2 is 2.25 bits per heavy atom. The van der Waals surface area contributed by atoms with E-state index in [1.165, 1.54) is 29.5 Å². The van der Waals surface area contributed by atoms with Crippen LogP contribution in [-0.2, 0) is 6.61 Å². The molecule has 0 saturated heterocycles. The number of ether oxygens (including phenoxy) is 1. The number of thiophene rings is 1. The van der Waals surface area contributed by atoms with E-state index in [-0.39, 0.29) is 12.3 Å². The summed E-state index contributed by atoms with van der Waals surface area (Å²) >= 11 is 1.25. The number of nitrogens with two attached hydrogens (primary N) is 1. The monoisotopic (exact) mass is 293 g/mol. The van der Waals surface area contributed by atoms with E-state index in [0.29, 0.717) is 16.2 Å². The summed E-state index contributed by atoms with van der Waals surface area (Å²) in [5.74, 6) is 5.06. The van der Waals surface area contributed by atoms with Crippen LogP contribution in [0.5, 0.6) is 5.75 Å². The van der Waals surface area contributed by atoms with E-state index in [1.54, 1.807) is 17.5 Å². The van der Waals surface area contributed by atoms with Gasteiger partial charge in [0.2, 0.25) is 0 Å². The molecule has 0 fully saturated rings. The summed E-state index contributed by atoms with van der Waals surface area (Å²) in [5.41, 5.74) is 2.68. The van der Waals surface area contributed by atoms with Gasteiger partial charge in [-0.05, 0) is 17.5 Å². The van der Waals surface area contributed by atoms with Crippen molar-refractivity contribution in [1.82, 2.24) is 5.43 Å². The summed E-state index contributed by atoms with van der Waals surface area (Å²) in [6.07, 6.45) is 0. The van der Waals surface area contributed by atoms with Gasteiger partial charge in [0.25, 0.3) is 11.6 Å². The molecule has 1 amide bonds. The molecule has 104 valence electrons. The number of rotatable bonds is 5. The van der Waals surface area contributed by atoms with E-state index in [2.05, 4.69) is 5.43 Å². The highest BCUT2D eigenvalue weighted by molar-refractivity contribution is 7.12. The lowest BCUT2D eigenvalue weighted by Crippen LogP contribution is -2.30. The molecule has 0 aliphatic rings. The maximum Gasteiger partial charge on any atom is 0.275 e. The zero-order chi connectivity index (χ0) is 14.5. The SMILES string of the molecule is NNC(=O)c1sccc1COc1cccc([N+](=O)[O-])c1. The lowest BCUT2D eigenvalue weighted by molar-refractivity contribution is -0.384. The minimum atomic E-state index is -0.495. The summed E-state index contributed by atoms with van der Waals surface area (Å²) in [5, 5.41) is 12.4. The molecular weight excluding hydrogens is 282 g/mol. The minimum absolute atomic E-state index is 0.0484. The fourth-order valence-electron chi connectivity index (χ4n) is 1.56. The molecular formula is C12H11N3O4S. The highest BCUT2D eigenvalue weighted by Crippen LogP contribution is 2.22. The lowest BCUT2D eigenvalue weighted by Gasteiger charge is -2.06. The van der Waals surface area contributed by atoms with Crippen molar-refractivity contribution < 1.29 is 14.5 Å². The quantitative estimate of drug-likeness (QED) is 0.378. The van der Waals surface area contributed by atoms with E-state index >= 15 is 0 Å². The van der Waals surface area contributed by atoms with Gasteiger partial charge in [-0.1, -0.05) is 6.07 Å². The van der Waals surface area contributed by atoms with Gasteiger partial charge < -0.3 is 4.74 Å². The highest BCUT2D eigenvalue weighted by atomic mass is 32.1. The summed E-state index contributed by atoms with van der Waals surface area (Å²) in [6, 6.07) is 7.60. The minimum Gasteiger partial charge on any atom is -0.489 e. The molecule has 0 saturated carbocycles. The van der Waals surface area contributed by atoms with Gasteiger partial charge in [0.15, 0.2) is 0 Å². The molecule has 0 aliphatic carbocycles. The van der Waals surface area contributed by atoms with E-state index < -0.39 is 10.8 Å². The van der Waals surface area contributed by atoms with Crippen LogP contribution in [0.25, 0.3) is 0 Å². The van der Waals surface area contributed by atoms with Crippen molar-refractivity contribution in [3.05, 3.63) is 56.3 Å². The topological polar surface area (TPSA) is 107 Å². The number of nitro groups is 1. The third-order valence-corrected chi connectivity index (χ3v) is 3.46. The molecule has 20 heavy (non-hydrogen) atoms. The molecule has 1 aromatic heterocycles. The zero-order valence-electron chi connectivity index (χ0n) is 10.2. The van der Waals surface area contributed by atoms with Gasteiger partial charge >= 0.3 is 0 Å². The van der Waals surface area contributed by atoms with Crippen LogP contribution in [0.1, 0.15) is 15.2 Å². The third kappa shape index (κ3) is 3.11. The van der Waals surface area contributed by atoms with Crippen LogP contribution in [0.4, 0.5) is 5.69 Å². The summed E-state index contributed by atoms with van der Waals surface area (Å²) < 4.78 is 5.46. The van der Waals surface area contributed by atoms with Gasteiger partial charge in [-0.25, -0.2) is 5.84 Å². The molecule has 1 aromatic carbocycles. The molecule has 0 bridgehead atoms. The van der Waals surface area contributed by atoms with Crippen molar-refractivity contribution in [1.29, 1.82) is 0 Å². The molecule has 7 nitrogen and oxygen atoms in total. The van der Waals surface area contributed by atoms with Crippen molar-refractivity contribution in [3.63, 3.8) is 0 Å². The Morgan fingerprint density at radius 3 is 2.95 bits per heavy atom. The number of benzene rings is 1. The number of hydrogen-bond donors (Lipinski definition) is 2.